The first-order valence-electron chi connectivity index (χ1n) is 9.17. The number of rotatable bonds is 12. The molecule has 0 radical (unpaired) electrons. The minimum atomic E-state index is 0. The van der Waals surface area contributed by atoms with Crippen LogP contribution in [0, 0.1) is 5.92 Å². The number of aliphatic imine (C=N–C) groups is 1. The Labute approximate surface area is 163 Å². The molecule has 1 aliphatic heterocycles. The van der Waals surface area contributed by atoms with Crippen LogP contribution in [0.15, 0.2) is 4.99 Å². The van der Waals surface area contributed by atoms with E-state index in [1.807, 2.05) is 0 Å². The van der Waals surface area contributed by atoms with Crippen molar-refractivity contribution in [3.8, 4) is 0 Å². The molecule has 6 nitrogen and oxygen atoms in total. The minimum Gasteiger partial charge on any atom is -0.379 e. The summed E-state index contributed by atoms with van der Waals surface area (Å²) in [6, 6.07) is 0. The average Bonchev–Trinajstić information content (AvgIpc) is 3.23. The third kappa shape index (κ3) is 10.7. The number of halogens is 1. The van der Waals surface area contributed by atoms with Crippen molar-refractivity contribution < 1.29 is 14.2 Å². The van der Waals surface area contributed by atoms with Crippen LogP contribution in [0.1, 0.15) is 39.0 Å². The molecule has 2 rings (SSSR count). The minimum absolute atomic E-state index is 0. The Kier molecular flexibility index (Phi) is 12.9. The molecule has 1 unspecified atom stereocenters. The van der Waals surface area contributed by atoms with Crippen LogP contribution in [-0.2, 0) is 14.2 Å². The highest BCUT2D eigenvalue weighted by molar-refractivity contribution is 14.0. The molecule has 0 amide bonds. The van der Waals surface area contributed by atoms with Gasteiger partial charge in [-0.1, -0.05) is 0 Å². The van der Waals surface area contributed by atoms with Gasteiger partial charge in [0.2, 0.25) is 0 Å². The monoisotopic (exact) mass is 455 g/mol. The Bertz CT molecular complexity index is 335. The van der Waals surface area contributed by atoms with E-state index in [2.05, 4.69) is 22.5 Å². The lowest BCUT2D eigenvalue weighted by atomic mass is 10.2. The smallest absolute Gasteiger partial charge is 0.191 e. The van der Waals surface area contributed by atoms with Crippen molar-refractivity contribution in [3.05, 3.63) is 0 Å². The van der Waals surface area contributed by atoms with Crippen molar-refractivity contribution in [2.75, 3.05) is 52.7 Å². The lowest BCUT2D eigenvalue weighted by molar-refractivity contribution is 0.0171. The van der Waals surface area contributed by atoms with Crippen LogP contribution >= 0.6 is 24.0 Å². The molecule has 7 heteroatoms. The zero-order chi connectivity index (χ0) is 16.2. The van der Waals surface area contributed by atoms with E-state index in [-0.39, 0.29) is 24.0 Å². The van der Waals surface area contributed by atoms with Gasteiger partial charge in [-0.2, -0.15) is 0 Å². The van der Waals surface area contributed by atoms with Gasteiger partial charge in [0.25, 0.3) is 0 Å². The van der Waals surface area contributed by atoms with Gasteiger partial charge >= 0.3 is 0 Å². The van der Waals surface area contributed by atoms with E-state index < -0.39 is 0 Å². The fourth-order valence-corrected chi connectivity index (χ4v) is 2.47. The van der Waals surface area contributed by atoms with E-state index in [9.17, 15) is 0 Å². The second-order valence-corrected chi connectivity index (χ2v) is 6.27. The molecule has 2 fully saturated rings. The third-order valence-corrected chi connectivity index (χ3v) is 3.98. The summed E-state index contributed by atoms with van der Waals surface area (Å²) in [4.78, 5) is 4.56. The van der Waals surface area contributed by atoms with E-state index in [0.29, 0.717) is 6.10 Å². The number of guanidine groups is 1. The van der Waals surface area contributed by atoms with Gasteiger partial charge in [0, 0.05) is 39.5 Å². The molecule has 0 aromatic carbocycles. The highest BCUT2D eigenvalue weighted by Gasteiger charge is 2.20. The molecule has 1 atom stereocenters. The Morgan fingerprint density at radius 2 is 1.96 bits per heavy atom. The van der Waals surface area contributed by atoms with Crippen LogP contribution in [0.2, 0.25) is 0 Å². The summed E-state index contributed by atoms with van der Waals surface area (Å²) in [7, 11) is 0. The highest BCUT2D eigenvalue weighted by atomic mass is 127. The molecule has 0 bridgehead atoms. The molecule has 0 aromatic heterocycles. The second-order valence-electron chi connectivity index (χ2n) is 6.27. The lowest BCUT2D eigenvalue weighted by Crippen LogP contribution is -2.39. The van der Waals surface area contributed by atoms with Crippen LogP contribution in [0.5, 0.6) is 0 Å². The summed E-state index contributed by atoms with van der Waals surface area (Å²) in [5.41, 5.74) is 0. The lowest BCUT2D eigenvalue weighted by Gasteiger charge is -2.12. The molecule has 0 aromatic rings. The van der Waals surface area contributed by atoms with Crippen molar-refractivity contribution >= 4 is 29.9 Å². The Hall–Kier alpha value is -0.120. The van der Waals surface area contributed by atoms with Gasteiger partial charge in [-0.3, -0.25) is 4.99 Å². The third-order valence-electron chi connectivity index (χ3n) is 3.98. The SMILES string of the molecule is CCNC(=NCCCOCC1CCCO1)NCCOCC1CC1.I. The molecule has 1 aliphatic carbocycles. The van der Waals surface area contributed by atoms with Crippen LogP contribution < -0.4 is 10.6 Å². The number of ether oxygens (including phenoxy) is 3. The maximum atomic E-state index is 5.65. The maximum Gasteiger partial charge on any atom is 0.191 e. The number of hydrogen-bond acceptors (Lipinski definition) is 4. The summed E-state index contributed by atoms with van der Waals surface area (Å²) < 4.78 is 16.8. The predicted octanol–water partition coefficient (Wildman–Crippen LogP) is 2.17. The van der Waals surface area contributed by atoms with Crippen LogP contribution in [0.3, 0.4) is 0 Å². The molecule has 24 heavy (non-hydrogen) atoms. The zero-order valence-electron chi connectivity index (χ0n) is 14.9. The van der Waals surface area contributed by atoms with E-state index in [1.54, 1.807) is 0 Å². The average molecular weight is 455 g/mol. The first kappa shape index (κ1) is 21.9. The Morgan fingerprint density at radius 3 is 2.67 bits per heavy atom. The molecule has 2 N–H and O–H groups in total. The Balaban J connectivity index is 0.00000288. The molecule has 1 heterocycles. The predicted molar refractivity (Wildman–Crippen MR) is 107 cm³/mol. The number of nitrogens with zero attached hydrogens (tertiary/aromatic N) is 1. The van der Waals surface area contributed by atoms with E-state index in [4.69, 9.17) is 14.2 Å². The summed E-state index contributed by atoms with van der Waals surface area (Å²) in [6.07, 6.45) is 6.23. The second kappa shape index (κ2) is 14.1. The maximum absolute atomic E-state index is 5.65. The van der Waals surface area contributed by atoms with Crippen molar-refractivity contribution in [3.63, 3.8) is 0 Å². The van der Waals surface area contributed by atoms with Crippen LogP contribution in [0.4, 0.5) is 0 Å². The zero-order valence-corrected chi connectivity index (χ0v) is 17.3. The summed E-state index contributed by atoms with van der Waals surface area (Å²) >= 11 is 0. The molecule has 1 saturated carbocycles. The van der Waals surface area contributed by atoms with Crippen molar-refractivity contribution in [1.82, 2.24) is 10.6 Å². The fraction of sp³-hybridized carbons (Fsp3) is 0.941. The van der Waals surface area contributed by atoms with Crippen LogP contribution in [0.25, 0.3) is 0 Å². The Morgan fingerprint density at radius 1 is 1.12 bits per heavy atom. The molecule has 1 saturated heterocycles. The molecule has 0 spiro atoms. The topological polar surface area (TPSA) is 64.1 Å². The summed E-state index contributed by atoms with van der Waals surface area (Å²) in [6.45, 7) is 8.52. The fourth-order valence-electron chi connectivity index (χ4n) is 2.47. The first-order valence-corrected chi connectivity index (χ1v) is 9.17. The number of nitrogens with one attached hydrogen (secondary N) is 2. The van der Waals surface area contributed by atoms with Gasteiger partial charge in [-0.05, 0) is 44.9 Å². The highest BCUT2D eigenvalue weighted by Crippen LogP contribution is 2.28. The van der Waals surface area contributed by atoms with Crippen molar-refractivity contribution in [1.29, 1.82) is 0 Å². The molecular formula is C17H34IN3O3. The van der Waals surface area contributed by atoms with Crippen LogP contribution in [-0.4, -0.2) is 64.7 Å². The van der Waals surface area contributed by atoms with Crippen molar-refractivity contribution in [2.45, 2.75) is 45.1 Å². The molecule has 2 aliphatic rings. The van der Waals surface area contributed by atoms with E-state index in [1.165, 1.54) is 19.3 Å². The largest absolute Gasteiger partial charge is 0.379 e. The van der Waals surface area contributed by atoms with Gasteiger partial charge < -0.3 is 24.8 Å². The van der Waals surface area contributed by atoms with E-state index >= 15 is 0 Å². The summed E-state index contributed by atoms with van der Waals surface area (Å²) in [5, 5.41) is 6.56. The molecule has 142 valence electrons. The standard InChI is InChI=1S/C17H33N3O3.HI/c1-2-18-17(20-9-12-22-13-15-6-7-15)19-8-4-10-21-14-16-5-3-11-23-16;/h15-16H,2-14H2,1H3,(H2,18,19,20);1H. The first-order chi connectivity index (χ1) is 11.4. The van der Waals surface area contributed by atoms with E-state index in [0.717, 1.165) is 77.4 Å². The van der Waals surface area contributed by atoms with Gasteiger partial charge in [0.15, 0.2) is 5.96 Å². The van der Waals surface area contributed by atoms with Crippen molar-refractivity contribution in [2.24, 2.45) is 10.9 Å². The van der Waals surface area contributed by atoms with Gasteiger partial charge in [0.05, 0.1) is 19.3 Å². The quantitative estimate of drug-likeness (QED) is 0.205. The summed E-state index contributed by atoms with van der Waals surface area (Å²) in [5.74, 6) is 1.69. The van der Waals surface area contributed by atoms with Gasteiger partial charge in [-0.25, -0.2) is 0 Å². The number of hydrogen-bond donors (Lipinski definition) is 2. The van der Waals surface area contributed by atoms with Gasteiger partial charge in [-0.15, -0.1) is 24.0 Å². The molecular weight excluding hydrogens is 421 g/mol. The normalized spacial score (nSPS) is 20.7. The van der Waals surface area contributed by atoms with Gasteiger partial charge in [0.1, 0.15) is 0 Å².